The summed E-state index contributed by atoms with van der Waals surface area (Å²) in [6, 6.07) is 2.56. The number of pyridine rings is 1. The molecule has 0 spiro atoms. The van der Waals surface area contributed by atoms with Crippen LogP contribution in [0.1, 0.15) is 30.4 Å². The Kier molecular flexibility index (Phi) is 5.67. The van der Waals surface area contributed by atoms with E-state index in [9.17, 15) is 28.3 Å². The molecule has 2 unspecified atom stereocenters. The summed E-state index contributed by atoms with van der Waals surface area (Å²) >= 11 is 0. The molecular weight excluding hydrogens is 427 g/mol. The fraction of sp³-hybridized carbons (Fsp3) is 0.350. The lowest BCUT2D eigenvalue weighted by atomic mass is 10.1. The number of aromatic nitrogens is 4. The molecule has 3 aromatic rings. The molecule has 9 nitrogen and oxygen atoms in total. The van der Waals surface area contributed by atoms with Gasteiger partial charge in [0.1, 0.15) is 11.7 Å². The zero-order chi connectivity index (χ0) is 22.9. The van der Waals surface area contributed by atoms with Gasteiger partial charge in [-0.3, -0.25) is 4.79 Å². The Labute approximate surface area is 179 Å². The average molecular weight is 445 g/mol. The van der Waals surface area contributed by atoms with Gasteiger partial charge in [-0.05, 0) is 25.3 Å². The van der Waals surface area contributed by atoms with Gasteiger partial charge in [-0.25, -0.2) is 15.0 Å². The molecule has 3 heterocycles. The van der Waals surface area contributed by atoms with Crippen molar-refractivity contribution in [1.29, 1.82) is 5.26 Å². The molecule has 166 valence electrons. The molecular formula is C20H18F3N7O2. The van der Waals surface area contributed by atoms with E-state index in [-0.39, 0.29) is 52.3 Å². The molecule has 1 aliphatic rings. The molecule has 3 aromatic heterocycles. The topological polar surface area (TPSA) is 140 Å². The number of aromatic amines is 1. The first-order valence-electron chi connectivity index (χ1n) is 9.79. The second-order valence-electron chi connectivity index (χ2n) is 7.41. The minimum Gasteiger partial charge on any atom is -0.391 e. The van der Waals surface area contributed by atoms with Crippen LogP contribution in [0, 0.1) is 11.3 Å². The summed E-state index contributed by atoms with van der Waals surface area (Å²) in [4.78, 5) is 27.0. The number of amides is 1. The molecule has 0 aromatic carbocycles. The minimum absolute atomic E-state index is 0.0235. The van der Waals surface area contributed by atoms with E-state index in [4.69, 9.17) is 0 Å². The van der Waals surface area contributed by atoms with Crippen molar-refractivity contribution >= 4 is 22.9 Å². The Hall–Kier alpha value is -3.72. The van der Waals surface area contributed by atoms with Gasteiger partial charge in [-0.2, -0.15) is 18.4 Å². The van der Waals surface area contributed by atoms with Gasteiger partial charge in [-0.1, -0.05) is 0 Å². The van der Waals surface area contributed by atoms with Crippen molar-refractivity contribution < 1.29 is 23.1 Å². The van der Waals surface area contributed by atoms with E-state index in [1.165, 1.54) is 12.4 Å². The highest BCUT2D eigenvalue weighted by Crippen LogP contribution is 2.34. The lowest BCUT2D eigenvalue weighted by Gasteiger charge is -2.16. The number of fused-ring (bicyclic) bond motifs is 1. The van der Waals surface area contributed by atoms with Crippen LogP contribution in [0.15, 0.2) is 24.7 Å². The third kappa shape index (κ3) is 4.33. The quantitative estimate of drug-likeness (QED) is 0.473. The highest BCUT2D eigenvalue weighted by Gasteiger charge is 2.32. The summed E-state index contributed by atoms with van der Waals surface area (Å²) in [5.41, 5.74) is -0.322. The van der Waals surface area contributed by atoms with Gasteiger partial charge in [0.25, 0.3) is 0 Å². The zero-order valence-corrected chi connectivity index (χ0v) is 16.6. The van der Waals surface area contributed by atoms with Gasteiger partial charge in [0.05, 0.1) is 41.7 Å². The van der Waals surface area contributed by atoms with E-state index in [1.54, 1.807) is 0 Å². The van der Waals surface area contributed by atoms with Crippen molar-refractivity contribution in [3.63, 3.8) is 0 Å². The fourth-order valence-corrected chi connectivity index (χ4v) is 3.63. The molecule has 0 saturated heterocycles. The van der Waals surface area contributed by atoms with Crippen molar-refractivity contribution in [3.8, 4) is 17.3 Å². The van der Waals surface area contributed by atoms with E-state index in [1.807, 2.05) is 6.07 Å². The maximum absolute atomic E-state index is 13.1. The molecule has 12 heteroatoms. The Morgan fingerprint density at radius 3 is 2.81 bits per heavy atom. The third-order valence-corrected chi connectivity index (χ3v) is 5.26. The van der Waals surface area contributed by atoms with Crippen molar-refractivity contribution in [2.45, 2.75) is 37.6 Å². The molecule has 32 heavy (non-hydrogen) atoms. The van der Waals surface area contributed by atoms with Crippen LogP contribution in [0.3, 0.4) is 0 Å². The SMILES string of the molecule is N#Cc1cnc(NCC(=O)NC2CCCC2O)nc1-c1c[nH]c2ncc(C(F)(F)F)cc12. The number of hydrogen-bond donors (Lipinski definition) is 4. The standard InChI is InChI=1S/C20H18F3N7O2/c21-20(22,23)11-4-12-13(8-26-18(12)25-7-11)17-10(5-24)6-27-19(30-17)28-9-16(32)29-14-2-1-3-15(14)31/h4,6-8,14-15,31H,1-3,9H2,(H,25,26)(H,29,32)(H,27,28,30). The fourth-order valence-electron chi connectivity index (χ4n) is 3.63. The van der Waals surface area contributed by atoms with Gasteiger partial charge in [0.15, 0.2) is 0 Å². The number of nitrogens with zero attached hydrogens (tertiary/aromatic N) is 4. The van der Waals surface area contributed by atoms with Crippen molar-refractivity contribution in [1.82, 2.24) is 25.3 Å². The number of hydrogen-bond acceptors (Lipinski definition) is 7. The number of aliphatic hydroxyl groups excluding tert-OH is 1. The van der Waals surface area contributed by atoms with E-state index in [0.29, 0.717) is 12.8 Å². The first kappa shape index (κ1) is 21.5. The normalized spacial score (nSPS) is 18.5. The number of rotatable bonds is 5. The predicted octanol–water partition coefficient (Wildman–Crippen LogP) is 2.35. The number of alkyl halides is 3. The summed E-state index contributed by atoms with van der Waals surface area (Å²) in [6.45, 7) is -0.178. The van der Waals surface area contributed by atoms with Crippen LogP contribution >= 0.6 is 0 Å². The number of halogens is 3. The van der Waals surface area contributed by atoms with Crippen molar-refractivity contribution in [3.05, 3.63) is 35.8 Å². The zero-order valence-electron chi connectivity index (χ0n) is 16.6. The Morgan fingerprint density at radius 1 is 1.31 bits per heavy atom. The van der Waals surface area contributed by atoms with Crippen LogP contribution in [0.2, 0.25) is 0 Å². The van der Waals surface area contributed by atoms with Gasteiger partial charge in [0.2, 0.25) is 11.9 Å². The van der Waals surface area contributed by atoms with Crippen molar-refractivity contribution in [2.24, 2.45) is 0 Å². The Bertz CT molecular complexity index is 1200. The van der Waals surface area contributed by atoms with Crippen molar-refractivity contribution in [2.75, 3.05) is 11.9 Å². The third-order valence-electron chi connectivity index (χ3n) is 5.26. The van der Waals surface area contributed by atoms with Crippen LogP contribution in [-0.2, 0) is 11.0 Å². The number of carbonyl (C=O) groups is 1. The van der Waals surface area contributed by atoms with Gasteiger partial charge in [-0.15, -0.1) is 0 Å². The second kappa shape index (κ2) is 8.43. The van der Waals surface area contributed by atoms with Crippen LogP contribution in [0.4, 0.5) is 19.1 Å². The van der Waals surface area contributed by atoms with Crippen LogP contribution in [-0.4, -0.2) is 49.6 Å². The summed E-state index contributed by atoms with van der Waals surface area (Å²) in [5.74, 6) is -0.341. The minimum atomic E-state index is -4.58. The lowest BCUT2D eigenvalue weighted by Crippen LogP contribution is -2.42. The molecule has 0 aliphatic heterocycles. The number of anilines is 1. The average Bonchev–Trinajstić information content (AvgIpc) is 3.37. The molecule has 1 fully saturated rings. The van der Waals surface area contributed by atoms with Gasteiger partial charge < -0.3 is 20.7 Å². The van der Waals surface area contributed by atoms with E-state index in [0.717, 1.165) is 18.7 Å². The predicted molar refractivity (Wildman–Crippen MR) is 107 cm³/mol. The Morgan fingerprint density at radius 2 is 2.12 bits per heavy atom. The molecule has 1 aliphatic carbocycles. The number of aliphatic hydroxyl groups is 1. The largest absolute Gasteiger partial charge is 0.417 e. The van der Waals surface area contributed by atoms with Crippen LogP contribution in [0.25, 0.3) is 22.3 Å². The first-order chi connectivity index (χ1) is 15.3. The summed E-state index contributed by atoms with van der Waals surface area (Å²) in [7, 11) is 0. The summed E-state index contributed by atoms with van der Waals surface area (Å²) < 4.78 is 39.4. The number of carbonyl (C=O) groups excluding carboxylic acids is 1. The maximum Gasteiger partial charge on any atom is 0.417 e. The molecule has 1 amide bonds. The number of nitriles is 1. The molecule has 4 rings (SSSR count). The molecule has 4 N–H and O–H groups in total. The molecule has 0 bridgehead atoms. The highest BCUT2D eigenvalue weighted by atomic mass is 19.4. The number of nitrogens with one attached hydrogen (secondary N) is 3. The van der Waals surface area contributed by atoms with Gasteiger partial charge in [0, 0.05) is 23.3 Å². The maximum atomic E-state index is 13.1. The monoisotopic (exact) mass is 445 g/mol. The number of H-pyrrole nitrogens is 1. The second-order valence-corrected chi connectivity index (χ2v) is 7.41. The smallest absolute Gasteiger partial charge is 0.391 e. The van der Waals surface area contributed by atoms with E-state index < -0.39 is 17.8 Å². The van der Waals surface area contributed by atoms with E-state index in [2.05, 4.69) is 30.6 Å². The first-order valence-corrected chi connectivity index (χ1v) is 9.79. The Balaban J connectivity index is 1.59. The van der Waals surface area contributed by atoms with E-state index >= 15 is 0 Å². The van der Waals surface area contributed by atoms with Crippen LogP contribution < -0.4 is 10.6 Å². The summed E-state index contributed by atoms with van der Waals surface area (Å²) in [6.07, 6.45) is 0.371. The summed E-state index contributed by atoms with van der Waals surface area (Å²) in [5, 5.41) is 24.8. The molecule has 2 atom stereocenters. The van der Waals surface area contributed by atoms with Crippen LogP contribution in [0.5, 0.6) is 0 Å². The highest BCUT2D eigenvalue weighted by molar-refractivity contribution is 5.94. The molecule has 0 radical (unpaired) electrons. The molecule has 1 saturated carbocycles. The van der Waals surface area contributed by atoms with Gasteiger partial charge >= 0.3 is 6.18 Å². The lowest BCUT2D eigenvalue weighted by molar-refractivity contribution is -0.137.